The first kappa shape index (κ1) is 13.9. The van der Waals surface area contributed by atoms with E-state index in [-0.39, 0.29) is 0 Å². The quantitative estimate of drug-likeness (QED) is 0.490. The third-order valence-corrected chi connectivity index (χ3v) is 1.67. The normalized spacial score (nSPS) is 11.6. The number of halogens is 4. The average Bonchev–Trinajstić information content (AvgIpc) is 2.26. The van der Waals surface area contributed by atoms with Crippen LogP contribution in [0.3, 0.4) is 0 Å². The Kier molecular flexibility index (Phi) is 3.83. The Bertz CT molecular complexity index is 456. The van der Waals surface area contributed by atoms with E-state index in [2.05, 4.69) is 14.7 Å². The van der Waals surface area contributed by atoms with Crippen LogP contribution in [0.4, 0.5) is 29.2 Å². The average molecular weight is 270 g/mol. The number of ether oxygens (including phenoxy) is 1. The first-order chi connectivity index (χ1) is 8.24. The first-order valence-electron chi connectivity index (χ1n) is 4.29. The highest BCUT2D eigenvalue weighted by atomic mass is 19.3. The van der Waals surface area contributed by atoms with Gasteiger partial charge < -0.3 is 10.5 Å². The van der Waals surface area contributed by atoms with E-state index in [1.165, 1.54) is 0 Å². The minimum Gasteiger partial charge on any atom is -0.466 e. The summed E-state index contributed by atoms with van der Waals surface area (Å²) in [5.74, 6) is -5.82. The van der Waals surface area contributed by atoms with Gasteiger partial charge in [0.2, 0.25) is 5.95 Å². The Labute approximate surface area is 96.7 Å². The molecule has 2 N–H and O–H groups in total. The zero-order chi connectivity index (χ0) is 13.9. The molecular formula is C7H6F4N4O3. The molecule has 0 fully saturated rings. The van der Waals surface area contributed by atoms with E-state index in [0.29, 0.717) is 6.20 Å². The van der Waals surface area contributed by atoms with Gasteiger partial charge >= 0.3 is 18.0 Å². The second-order valence-corrected chi connectivity index (χ2v) is 3.03. The predicted molar refractivity (Wildman–Crippen MR) is 49.5 cm³/mol. The van der Waals surface area contributed by atoms with Gasteiger partial charge in [0.25, 0.3) is 5.88 Å². The molecule has 0 aliphatic heterocycles. The molecular weight excluding hydrogens is 264 g/mol. The van der Waals surface area contributed by atoms with Crippen molar-refractivity contribution in [2.24, 2.45) is 0 Å². The Morgan fingerprint density at radius 1 is 1.56 bits per heavy atom. The fraction of sp³-hybridized carbons (Fsp3) is 0.429. The lowest BCUT2D eigenvalue weighted by Crippen LogP contribution is -2.34. The fourth-order valence-corrected chi connectivity index (χ4v) is 0.832. The van der Waals surface area contributed by atoms with Gasteiger partial charge in [0.15, 0.2) is 6.61 Å². The molecule has 0 aliphatic rings. The molecule has 0 aromatic carbocycles. The number of hydrogen-bond acceptors (Lipinski definition) is 6. The van der Waals surface area contributed by atoms with Crippen molar-refractivity contribution < 1.29 is 27.2 Å². The highest BCUT2D eigenvalue weighted by Gasteiger charge is 2.42. The van der Waals surface area contributed by atoms with E-state index in [1.54, 1.807) is 0 Å². The van der Waals surface area contributed by atoms with E-state index >= 15 is 0 Å². The van der Waals surface area contributed by atoms with E-state index in [4.69, 9.17) is 5.73 Å². The number of nitrogen functional groups attached to an aromatic ring is 1. The molecule has 1 aromatic rings. The number of hydrogen-bond donors (Lipinski definition) is 1. The molecule has 0 bridgehead atoms. The number of nitrogens with two attached hydrogens (primary N) is 1. The molecule has 100 valence electrons. The van der Waals surface area contributed by atoms with Crippen molar-refractivity contribution in [2.45, 2.75) is 12.3 Å². The van der Waals surface area contributed by atoms with Crippen molar-refractivity contribution in [2.75, 3.05) is 12.3 Å². The van der Waals surface area contributed by atoms with Crippen LogP contribution in [0.25, 0.3) is 0 Å². The predicted octanol–water partition coefficient (Wildman–Crippen LogP) is 1.25. The van der Waals surface area contributed by atoms with Crippen molar-refractivity contribution >= 4 is 11.6 Å². The monoisotopic (exact) mass is 270 g/mol. The summed E-state index contributed by atoms with van der Waals surface area (Å²) in [6.07, 6.45) is -3.34. The van der Waals surface area contributed by atoms with Crippen LogP contribution in [-0.2, 0) is 0 Å². The molecule has 1 aromatic heterocycles. The van der Waals surface area contributed by atoms with E-state index in [0.717, 1.165) is 0 Å². The Balaban J connectivity index is 2.90. The van der Waals surface area contributed by atoms with Gasteiger partial charge in [-0.1, -0.05) is 0 Å². The van der Waals surface area contributed by atoms with Crippen molar-refractivity contribution in [1.82, 2.24) is 9.97 Å². The molecule has 0 radical (unpaired) electrons. The summed E-state index contributed by atoms with van der Waals surface area (Å²) in [6, 6.07) is 0. The summed E-state index contributed by atoms with van der Waals surface area (Å²) in [7, 11) is 0. The highest BCUT2D eigenvalue weighted by Crippen LogP contribution is 2.28. The Hall–Kier alpha value is -2.20. The minimum absolute atomic E-state index is 0.476. The maximum atomic E-state index is 12.5. The van der Waals surface area contributed by atoms with Crippen molar-refractivity contribution in [1.29, 1.82) is 0 Å². The molecule has 7 nitrogen and oxygen atoms in total. The number of nitrogens with zero attached hydrogens (tertiary/aromatic N) is 3. The second-order valence-electron chi connectivity index (χ2n) is 3.03. The zero-order valence-electron chi connectivity index (χ0n) is 8.52. The van der Waals surface area contributed by atoms with E-state index in [9.17, 15) is 27.7 Å². The van der Waals surface area contributed by atoms with E-state index < -0.39 is 41.4 Å². The molecule has 0 spiro atoms. The van der Waals surface area contributed by atoms with Crippen LogP contribution in [0.5, 0.6) is 5.88 Å². The number of rotatable bonds is 5. The Morgan fingerprint density at radius 2 is 2.17 bits per heavy atom. The SMILES string of the molecule is Nc1ncc([N+](=O)[O-])c(OCC(F)(F)C(F)F)n1. The van der Waals surface area contributed by atoms with Crippen LogP contribution >= 0.6 is 0 Å². The molecule has 0 unspecified atom stereocenters. The zero-order valence-corrected chi connectivity index (χ0v) is 8.52. The van der Waals surface area contributed by atoms with Crippen LogP contribution in [0, 0.1) is 10.1 Å². The van der Waals surface area contributed by atoms with Gasteiger partial charge in [-0.25, -0.2) is 13.8 Å². The van der Waals surface area contributed by atoms with Crippen LogP contribution in [0.2, 0.25) is 0 Å². The number of nitro groups is 1. The van der Waals surface area contributed by atoms with Crippen molar-refractivity contribution in [3.05, 3.63) is 16.3 Å². The largest absolute Gasteiger partial charge is 0.466 e. The summed E-state index contributed by atoms with van der Waals surface area (Å²) in [5.41, 5.74) is 4.21. The van der Waals surface area contributed by atoms with Crippen molar-refractivity contribution in [3.63, 3.8) is 0 Å². The molecule has 1 rings (SSSR count). The molecule has 0 amide bonds. The maximum Gasteiger partial charge on any atom is 0.349 e. The molecule has 18 heavy (non-hydrogen) atoms. The van der Waals surface area contributed by atoms with Crippen LogP contribution in [0.15, 0.2) is 6.20 Å². The van der Waals surface area contributed by atoms with Gasteiger partial charge in [0, 0.05) is 0 Å². The van der Waals surface area contributed by atoms with Crippen molar-refractivity contribution in [3.8, 4) is 5.88 Å². The third-order valence-electron chi connectivity index (χ3n) is 1.67. The third kappa shape index (κ3) is 3.15. The number of anilines is 1. The Morgan fingerprint density at radius 3 is 2.67 bits per heavy atom. The summed E-state index contributed by atoms with van der Waals surface area (Å²) in [4.78, 5) is 15.9. The molecule has 0 saturated heterocycles. The van der Waals surface area contributed by atoms with Gasteiger partial charge in [-0.05, 0) is 0 Å². The lowest BCUT2D eigenvalue weighted by atomic mass is 10.4. The summed E-state index contributed by atoms with van der Waals surface area (Å²) in [5, 5.41) is 10.5. The smallest absolute Gasteiger partial charge is 0.349 e. The standard InChI is InChI=1S/C7H6F4N4O3/c8-5(9)7(10,11)2-18-4-3(15(16)17)1-13-6(12)14-4/h1,5H,2H2,(H2,12,13,14). The number of aromatic nitrogens is 2. The second kappa shape index (κ2) is 4.98. The van der Waals surface area contributed by atoms with Gasteiger partial charge in [0.05, 0.1) is 4.92 Å². The lowest BCUT2D eigenvalue weighted by molar-refractivity contribution is -0.386. The van der Waals surface area contributed by atoms with Gasteiger partial charge in [0.1, 0.15) is 6.20 Å². The number of alkyl halides is 4. The first-order valence-corrected chi connectivity index (χ1v) is 4.29. The van der Waals surface area contributed by atoms with Crippen LogP contribution in [0.1, 0.15) is 0 Å². The maximum absolute atomic E-state index is 12.5. The molecule has 11 heteroatoms. The molecule has 0 atom stereocenters. The summed E-state index contributed by atoms with van der Waals surface area (Å²) >= 11 is 0. The molecule has 0 saturated carbocycles. The highest BCUT2D eigenvalue weighted by molar-refractivity contribution is 5.41. The van der Waals surface area contributed by atoms with Gasteiger partial charge in [-0.2, -0.15) is 13.8 Å². The fourth-order valence-electron chi connectivity index (χ4n) is 0.832. The minimum atomic E-state index is -4.45. The summed E-state index contributed by atoms with van der Waals surface area (Å²) in [6.45, 7) is -1.76. The molecule has 0 aliphatic carbocycles. The lowest BCUT2D eigenvalue weighted by Gasteiger charge is -2.15. The topological polar surface area (TPSA) is 104 Å². The van der Waals surface area contributed by atoms with Crippen LogP contribution in [-0.4, -0.2) is 33.8 Å². The van der Waals surface area contributed by atoms with Crippen LogP contribution < -0.4 is 10.5 Å². The van der Waals surface area contributed by atoms with E-state index in [1.807, 2.05) is 0 Å². The molecule has 1 heterocycles. The summed E-state index contributed by atoms with van der Waals surface area (Å²) < 4.78 is 53.0. The van der Waals surface area contributed by atoms with Gasteiger partial charge in [-0.15, -0.1) is 0 Å². The van der Waals surface area contributed by atoms with Gasteiger partial charge in [-0.3, -0.25) is 10.1 Å².